The van der Waals surface area contributed by atoms with Crippen LogP contribution in [-0.4, -0.2) is 46.9 Å². The van der Waals surface area contributed by atoms with E-state index in [-0.39, 0.29) is 5.60 Å². The van der Waals surface area contributed by atoms with Crippen molar-refractivity contribution in [2.75, 3.05) is 31.2 Å². The SMILES string of the molecule is Cc1cccc(COCC[C@@H]2CCOC23CN(c2ncccn2)C3)n1. The van der Waals surface area contributed by atoms with Gasteiger partial charge in [0.25, 0.3) is 0 Å². The number of aryl methyl sites for hydroxylation is 1. The first kappa shape index (κ1) is 16.4. The Hall–Kier alpha value is -2.05. The van der Waals surface area contributed by atoms with Crippen molar-refractivity contribution in [3.63, 3.8) is 0 Å². The molecule has 0 bridgehead atoms. The van der Waals surface area contributed by atoms with Gasteiger partial charge in [0.05, 0.1) is 25.4 Å². The van der Waals surface area contributed by atoms with Crippen LogP contribution in [0.15, 0.2) is 36.7 Å². The summed E-state index contributed by atoms with van der Waals surface area (Å²) in [7, 11) is 0. The van der Waals surface area contributed by atoms with Crippen LogP contribution in [0.3, 0.4) is 0 Å². The normalized spacial score (nSPS) is 21.5. The average Bonchev–Trinajstić information content (AvgIpc) is 3.02. The van der Waals surface area contributed by atoms with Crippen molar-refractivity contribution in [2.24, 2.45) is 5.92 Å². The molecule has 2 fully saturated rings. The monoisotopic (exact) mass is 340 g/mol. The summed E-state index contributed by atoms with van der Waals surface area (Å²) in [6.07, 6.45) is 5.70. The molecular formula is C19H24N4O2. The maximum atomic E-state index is 6.11. The van der Waals surface area contributed by atoms with E-state index in [9.17, 15) is 0 Å². The van der Waals surface area contributed by atoms with Crippen molar-refractivity contribution in [1.82, 2.24) is 15.0 Å². The van der Waals surface area contributed by atoms with E-state index in [0.717, 1.165) is 56.5 Å². The first-order chi connectivity index (χ1) is 12.3. The quantitative estimate of drug-likeness (QED) is 0.753. The van der Waals surface area contributed by atoms with Gasteiger partial charge in [-0.2, -0.15) is 0 Å². The van der Waals surface area contributed by atoms with Crippen molar-refractivity contribution in [3.05, 3.63) is 48.0 Å². The first-order valence-electron chi connectivity index (χ1n) is 8.91. The van der Waals surface area contributed by atoms with Gasteiger partial charge in [-0.05, 0) is 43.9 Å². The lowest BCUT2D eigenvalue weighted by Gasteiger charge is -2.50. The van der Waals surface area contributed by atoms with Gasteiger partial charge in [-0.1, -0.05) is 6.07 Å². The van der Waals surface area contributed by atoms with Crippen LogP contribution >= 0.6 is 0 Å². The van der Waals surface area contributed by atoms with E-state index in [4.69, 9.17) is 9.47 Å². The van der Waals surface area contributed by atoms with E-state index in [1.54, 1.807) is 12.4 Å². The van der Waals surface area contributed by atoms with Gasteiger partial charge in [-0.15, -0.1) is 0 Å². The zero-order valence-corrected chi connectivity index (χ0v) is 14.6. The maximum Gasteiger partial charge on any atom is 0.225 e. The van der Waals surface area contributed by atoms with Crippen LogP contribution in [0.4, 0.5) is 5.95 Å². The molecule has 0 saturated carbocycles. The Morgan fingerprint density at radius 3 is 2.88 bits per heavy atom. The predicted octanol–water partition coefficient (Wildman–Crippen LogP) is 2.38. The molecule has 4 heterocycles. The molecule has 132 valence electrons. The molecule has 6 nitrogen and oxygen atoms in total. The zero-order chi connectivity index (χ0) is 17.1. The van der Waals surface area contributed by atoms with Gasteiger partial charge in [0.2, 0.25) is 5.95 Å². The van der Waals surface area contributed by atoms with Crippen LogP contribution in [0, 0.1) is 12.8 Å². The van der Waals surface area contributed by atoms with Gasteiger partial charge in [-0.3, -0.25) is 4.98 Å². The molecule has 0 aromatic carbocycles. The topological polar surface area (TPSA) is 60.4 Å². The van der Waals surface area contributed by atoms with Gasteiger partial charge in [0.15, 0.2) is 0 Å². The fourth-order valence-corrected chi connectivity index (χ4v) is 3.82. The van der Waals surface area contributed by atoms with E-state index >= 15 is 0 Å². The Morgan fingerprint density at radius 1 is 1.24 bits per heavy atom. The maximum absolute atomic E-state index is 6.11. The van der Waals surface area contributed by atoms with E-state index < -0.39 is 0 Å². The van der Waals surface area contributed by atoms with Crippen molar-refractivity contribution in [2.45, 2.75) is 32.0 Å². The summed E-state index contributed by atoms with van der Waals surface area (Å²) in [5, 5.41) is 0. The molecule has 0 amide bonds. The second-order valence-corrected chi connectivity index (χ2v) is 6.92. The smallest absolute Gasteiger partial charge is 0.225 e. The number of aromatic nitrogens is 3. The summed E-state index contributed by atoms with van der Waals surface area (Å²) < 4.78 is 12.0. The Labute approximate surface area is 148 Å². The van der Waals surface area contributed by atoms with Crippen LogP contribution in [0.1, 0.15) is 24.2 Å². The van der Waals surface area contributed by atoms with Gasteiger partial charge < -0.3 is 14.4 Å². The van der Waals surface area contributed by atoms with E-state index in [1.807, 2.05) is 31.2 Å². The second kappa shape index (κ2) is 7.06. The van der Waals surface area contributed by atoms with Crippen molar-refractivity contribution in [3.8, 4) is 0 Å². The van der Waals surface area contributed by atoms with Crippen LogP contribution < -0.4 is 4.90 Å². The largest absolute Gasteiger partial charge is 0.375 e. The molecule has 2 aromatic rings. The average molecular weight is 340 g/mol. The number of rotatable bonds is 6. The molecular weight excluding hydrogens is 316 g/mol. The summed E-state index contributed by atoms with van der Waals surface area (Å²) >= 11 is 0. The number of pyridine rings is 1. The van der Waals surface area contributed by atoms with Crippen molar-refractivity contribution >= 4 is 5.95 Å². The van der Waals surface area contributed by atoms with Gasteiger partial charge in [-0.25, -0.2) is 9.97 Å². The number of nitrogens with zero attached hydrogens (tertiary/aromatic N) is 4. The minimum atomic E-state index is -0.0376. The van der Waals surface area contributed by atoms with Crippen molar-refractivity contribution in [1.29, 1.82) is 0 Å². The number of hydrogen-bond acceptors (Lipinski definition) is 6. The molecule has 2 aromatic heterocycles. The molecule has 25 heavy (non-hydrogen) atoms. The molecule has 1 spiro atoms. The zero-order valence-electron chi connectivity index (χ0n) is 14.6. The number of hydrogen-bond donors (Lipinski definition) is 0. The highest BCUT2D eigenvalue weighted by Crippen LogP contribution is 2.42. The predicted molar refractivity (Wildman–Crippen MR) is 94.3 cm³/mol. The van der Waals surface area contributed by atoms with E-state index in [1.165, 1.54) is 0 Å². The molecule has 4 rings (SSSR count). The third-order valence-corrected chi connectivity index (χ3v) is 5.16. The second-order valence-electron chi connectivity index (χ2n) is 6.92. The number of ether oxygens (including phenoxy) is 2. The van der Waals surface area contributed by atoms with E-state index in [2.05, 4.69) is 19.9 Å². The lowest BCUT2D eigenvalue weighted by Crippen LogP contribution is -2.65. The summed E-state index contributed by atoms with van der Waals surface area (Å²) in [6, 6.07) is 7.88. The third kappa shape index (κ3) is 3.50. The summed E-state index contributed by atoms with van der Waals surface area (Å²) in [4.78, 5) is 15.3. The third-order valence-electron chi connectivity index (χ3n) is 5.16. The van der Waals surface area contributed by atoms with Gasteiger partial charge in [0, 0.05) is 31.3 Å². The van der Waals surface area contributed by atoms with E-state index in [0.29, 0.717) is 12.5 Å². The molecule has 0 unspecified atom stereocenters. The standard InChI is InChI=1S/C19H24N4O2/c1-15-4-2-5-17(22-15)12-24-10-6-16-7-11-25-19(16)13-23(14-19)18-20-8-3-9-21-18/h2-5,8-9,16H,6-7,10-14H2,1H3/t16-/m1/s1. The van der Waals surface area contributed by atoms with Crippen LogP contribution in [0.2, 0.25) is 0 Å². The van der Waals surface area contributed by atoms with Gasteiger partial charge >= 0.3 is 0 Å². The summed E-state index contributed by atoms with van der Waals surface area (Å²) in [5.41, 5.74) is 1.99. The summed E-state index contributed by atoms with van der Waals surface area (Å²) in [6.45, 7) is 5.91. The minimum absolute atomic E-state index is 0.0376. The van der Waals surface area contributed by atoms with Crippen LogP contribution in [0.25, 0.3) is 0 Å². The molecule has 2 saturated heterocycles. The lowest BCUT2D eigenvalue weighted by atomic mass is 9.79. The molecule has 1 atom stereocenters. The Bertz CT molecular complexity index is 704. The molecule has 2 aliphatic rings. The molecule has 0 radical (unpaired) electrons. The highest BCUT2D eigenvalue weighted by atomic mass is 16.5. The molecule has 0 N–H and O–H groups in total. The fraction of sp³-hybridized carbons (Fsp3) is 0.526. The molecule has 2 aliphatic heterocycles. The Kier molecular flexibility index (Phi) is 4.63. The molecule has 6 heteroatoms. The minimum Gasteiger partial charge on any atom is -0.375 e. The van der Waals surface area contributed by atoms with Gasteiger partial charge in [0.1, 0.15) is 5.60 Å². The van der Waals surface area contributed by atoms with Crippen molar-refractivity contribution < 1.29 is 9.47 Å². The molecule has 0 aliphatic carbocycles. The Balaban J connectivity index is 1.25. The lowest BCUT2D eigenvalue weighted by molar-refractivity contribution is -0.0516. The van der Waals surface area contributed by atoms with Crippen LogP contribution in [-0.2, 0) is 16.1 Å². The highest BCUT2D eigenvalue weighted by Gasteiger charge is 2.53. The van der Waals surface area contributed by atoms with Crippen LogP contribution in [0.5, 0.6) is 0 Å². The first-order valence-corrected chi connectivity index (χ1v) is 8.91. The Morgan fingerprint density at radius 2 is 2.08 bits per heavy atom. The fourth-order valence-electron chi connectivity index (χ4n) is 3.82. The summed E-state index contributed by atoms with van der Waals surface area (Å²) in [5.74, 6) is 1.34. The highest BCUT2D eigenvalue weighted by molar-refractivity contribution is 5.37. The number of anilines is 1.